The number of anilines is 1. The van der Waals surface area contributed by atoms with Gasteiger partial charge in [-0.3, -0.25) is 9.59 Å². The summed E-state index contributed by atoms with van der Waals surface area (Å²) in [6.45, 7) is 3.64. The number of ketones is 2. The lowest BCUT2D eigenvalue weighted by molar-refractivity contribution is 0.0979. The summed E-state index contributed by atoms with van der Waals surface area (Å²) in [7, 11) is 0. The molecule has 0 atom stereocenters. The highest BCUT2D eigenvalue weighted by atomic mass is 35.5. The molecule has 0 heterocycles. The minimum atomic E-state index is -0.241. The molecule has 2 aromatic rings. The van der Waals surface area contributed by atoms with E-state index in [4.69, 9.17) is 17.3 Å². The molecule has 0 saturated carbocycles. The Labute approximate surface area is 121 Å². The first-order valence-corrected chi connectivity index (χ1v) is 6.58. The fourth-order valence-electron chi connectivity index (χ4n) is 2.56. The lowest BCUT2D eigenvalue weighted by atomic mass is 9.81. The van der Waals surface area contributed by atoms with Gasteiger partial charge in [0.2, 0.25) is 0 Å². The fourth-order valence-corrected chi connectivity index (χ4v) is 2.91. The van der Waals surface area contributed by atoms with E-state index in [1.807, 2.05) is 13.0 Å². The molecule has 100 valence electrons. The molecule has 0 unspecified atom stereocenters. The van der Waals surface area contributed by atoms with E-state index < -0.39 is 0 Å². The molecule has 0 spiro atoms. The van der Waals surface area contributed by atoms with Crippen molar-refractivity contribution in [1.82, 2.24) is 0 Å². The van der Waals surface area contributed by atoms with Gasteiger partial charge in [0, 0.05) is 16.8 Å². The highest BCUT2D eigenvalue weighted by molar-refractivity contribution is 6.40. The van der Waals surface area contributed by atoms with Crippen LogP contribution in [0.1, 0.15) is 43.0 Å². The van der Waals surface area contributed by atoms with Gasteiger partial charge in [0.05, 0.1) is 16.1 Å². The largest absolute Gasteiger partial charge is 0.398 e. The lowest BCUT2D eigenvalue weighted by Gasteiger charge is -2.21. The van der Waals surface area contributed by atoms with Crippen molar-refractivity contribution < 1.29 is 9.59 Å². The standard InChI is InChI=1S/C16H12ClNO2/c1-7-3-4-9-10(5-7)16(20)12-11(17)6-8(2)14(18)13(12)15(9)19/h3-6H,18H2,1-2H3. The summed E-state index contributed by atoms with van der Waals surface area (Å²) in [5, 5.41) is 0.275. The van der Waals surface area contributed by atoms with Crippen molar-refractivity contribution in [3.63, 3.8) is 0 Å². The second kappa shape index (κ2) is 4.18. The SMILES string of the molecule is Cc1ccc2c(c1)C(=O)c1c(Cl)cc(C)c(N)c1C2=O. The summed E-state index contributed by atoms with van der Waals surface area (Å²) in [5.74, 6) is -0.479. The van der Waals surface area contributed by atoms with Gasteiger partial charge in [-0.1, -0.05) is 29.3 Å². The van der Waals surface area contributed by atoms with Gasteiger partial charge < -0.3 is 5.73 Å². The van der Waals surface area contributed by atoms with Crippen LogP contribution in [0.3, 0.4) is 0 Å². The van der Waals surface area contributed by atoms with Crippen molar-refractivity contribution in [2.45, 2.75) is 13.8 Å². The Morgan fingerprint density at radius 1 is 0.950 bits per heavy atom. The topological polar surface area (TPSA) is 60.2 Å². The Morgan fingerprint density at radius 2 is 1.60 bits per heavy atom. The van der Waals surface area contributed by atoms with Gasteiger partial charge in [-0.05, 0) is 31.5 Å². The maximum absolute atomic E-state index is 12.6. The van der Waals surface area contributed by atoms with Gasteiger partial charge >= 0.3 is 0 Å². The third kappa shape index (κ3) is 1.60. The van der Waals surface area contributed by atoms with E-state index in [9.17, 15) is 9.59 Å². The van der Waals surface area contributed by atoms with Crippen molar-refractivity contribution in [3.05, 3.63) is 62.7 Å². The number of rotatable bonds is 0. The van der Waals surface area contributed by atoms with E-state index in [0.29, 0.717) is 22.4 Å². The van der Waals surface area contributed by atoms with Gasteiger partial charge in [0.25, 0.3) is 0 Å². The highest BCUT2D eigenvalue weighted by Crippen LogP contribution is 2.37. The van der Waals surface area contributed by atoms with E-state index >= 15 is 0 Å². The summed E-state index contributed by atoms with van der Waals surface area (Å²) in [6.07, 6.45) is 0. The molecule has 1 aliphatic carbocycles. The van der Waals surface area contributed by atoms with Gasteiger partial charge in [-0.25, -0.2) is 0 Å². The minimum Gasteiger partial charge on any atom is -0.398 e. The Bertz CT molecular complexity index is 792. The van der Waals surface area contributed by atoms with E-state index in [-0.39, 0.29) is 27.7 Å². The molecule has 0 bridgehead atoms. The lowest BCUT2D eigenvalue weighted by Crippen LogP contribution is -2.23. The van der Waals surface area contributed by atoms with Crippen molar-refractivity contribution in [3.8, 4) is 0 Å². The fraction of sp³-hybridized carbons (Fsp3) is 0.125. The van der Waals surface area contributed by atoms with Crippen LogP contribution in [0.2, 0.25) is 5.02 Å². The Balaban J connectivity index is 2.41. The average Bonchev–Trinajstić information content (AvgIpc) is 2.40. The number of halogens is 1. The summed E-state index contributed by atoms with van der Waals surface area (Å²) < 4.78 is 0. The molecule has 20 heavy (non-hydrogen) atoms. The maximum atomic E-state index is 12.6. The normalized spacial score (nSPS) is 13.2. The van der Waals surface area contributed by atoms with E-state index in [2.05, 4.69) is 0 Å². The van der Waals surface area contributed by atoms with Crippen molar-refractivity contribution in [2.24, 2.45) is 0 Å². The quantitative estimate of drug-likeness (QED) is 0.645. The van der Waals surface area contributed by atoms with Crippen molar-refractivity contribution in [1.29, 1.82) is 0 Å². The molecule has 2 N–H and O–H groups in total. The molecule has 0 radical (unpaired) electrons. The number of hydrogen-bond acceptors (Lipinski definition) is 3. The number of fused-ring (bicyclic) bond motifs is 2. The summed E-state index contributed by atoms with van der Waals surface area (Å²) in [4.78, 5) is 25.2. The third-order valence-electron chi connectivity index (χ3n) is 3.64. The van der Waals surface area contributed by atoms with Crippen LogP contribution < -0.4 is 5.73 Å². The number of aryl methyl sites for hydroxylation is 2. The molecule has 0 amide bonds. The molecule has 3 nitrogen and oxygen atoms in total. The highest BCUT2D eigenvalue weighted by Gasteiger charge is 2.33. The number of benzene rings is 2. The second-order valence-electron chi connectivity index (χ2n) is 5.05. The molecule has 1 aliphatic rings. The molecule has 0 aliphatic heterocycles. The van der Waals surface area contributed by atoms with Crippen LogP contribution in [0.4, 0.5) is 5.69 Å². The average molecular weight is 286 g/mol. The first-order chi connectivity index (χ1) is 9.41. The number of carbonyl (C=O) groups is 2. The van der Waals surface area contributed by atoms with Crippen LogP contribution in [-0.2, 0) is 0 Å². The predicted octanol–water partition coefficient (Wildman–Crippen LogP) is 3.31. The Hall–Kier alpha value is -2.13. The maximum Gasteiger partial charge on any atom is 0.196 e. The van der Waals surface area contributed by atoms with Crippen LogP contribution in [0.15, 0.2) is 24.3 Å². The van der Waals surface area contributed by atoms with Gasteiger partial charge in [-0.15, -0.1) is 0 Å². The zero-order valence-corrected chi connectivity index (χ0v) is 11.8. The molecule has 0 aromatic heterocycles. The van der Waals surface area contributed by atoms with E-state index in [1.54, 1.807) is 25.1 Å². The molecular formula is C16H12ClNO2. The first kappa shape index (κ1) is 12.9. The van der Waals surface area contributed by atoms with Gasteiger partial charge in [0.1, 0.15) is 0 Å². The summed E-state index contributed by atoms with van der Waals surface area (Å²) >= 11 is 6.16. The molecule has 0 fully saturated rings. The van der Waals surface area contributed by atoms with Crippen LogP contribution in [0, 0.1) is 13.8 Å². The van der Waals surface area contributed by atoms with E-state index in [0.717, 1.165) is 5.56 Å². The number of carbonyl (C=O) groups excluding carboxylic acids is 2. The number of hydrogen-bond donors (Lipinski definition) is 1. The number of nitrogen functional groups attached to an aromatic ring is 1. The molecule has 2 aromatic carbocycles. The van der Waals surface area contributed by atoms with Gasteiger partial charge in [0.15, 0.2) is 11.6 Å². The van der Waals surface area contributed by atoms with Crippen LogP contribution in [-0.4, -0.2) is 11.6 Å². The minimum absolute atomic E-state index is 0.220. The molecule has 3 rings (SSSR count). The second-order valence-corrected chi connectivity index (χ2v) is 5.45. The summed E-state index contributed by atoms with van der Waals surface area (Å²) in [5.41, 5.74) is 9.17. The van der Waals surface area contributed by atoms with Crippen LogP contribution in [0.5, 0.6) is 0 Å². The first-order valence-electron chi connectivity index (χ1n) is 6.20. The Kier molecular flexibility index (Phi) is 2.69. The van der Waals surface area contributed by atoms with Crippen molar-refractivity contribution in [2.75, 3.05) is 5.73 Å². The van der Waals surface area contributed by atoms with Gasteiger partial charge in [-0.2, -0.15) is 0 Å². The van der Waals surface area contributed by atoms with Crippen molar-refractivity contribution >= 4 is 28.9 Å². The smallest absolute Gasteiger partial charge is 0.196 e. The monoisotopic (exact) mass is 285 g/mol. The Morgan fingerprint density at radius 3 is 2.30 bits per heavy atom. The molecule has 4 heteroatoms. The third-order valence-corrected chi connectivity index (χ3v) is 3.94. The van der Waals surface area contributed by atoms with E-state index in [1.165, 1.54) is 0 Å². The zero-order chi connectivity index (χ0) is 14.6. The molecular weight excluding hydrogens is 274 g/mol. The van der Waals surface area contributed by atoms with Crippen LogP contribution in [0.25, 0.3) is 0 Å². The summed E-state index contributed by atoms with van der Waals surface area (Å²) in [6, 6.07) is 6.82. The molecule has 0 saturated heterocycles. The number of nitrogens with two attached hydrogens (primary N) is 1. The van der Waals surface area contributed by atoms with Crippen LogP contribution >= 0.6 is 11.6 Å². The predicted molar refractivity (Wildman–Crippen MR) is 78.6 cm³/mol. The zero-order valence-electron chi connectivity index (χ0n) is 11.1.